The van der Waals surface area contributed by atoms with Crippen LogP contribution >= 0.6 is 11.3 Å². The number of anilines is 2. The quantitative estimate of drug-likeness (QED) is 0.615. The Kier molecular flexibility index (Phi) is 5.48. The number of hydrogen-bond donors (Lipinski definition) is 2. The smallest absolute Gasteiger partial charge is 0.262 e. The summed E-state index contributed by atoms with van der Waals surface area (Å²) in [5.74, 6) is -0.789. The van der Waals surface area contributed by atoms with E-state index in [0.29, 0.717) is 11.0 Å². The van der Waals surface area contributed by atoms with Crippen LogP contribution in [0.5, 0.6) is 5.75 Å². The number of benzene rings is 2. The molecule has 2 N–H and O–H groups in total. The lowest BCUT2D eigenvalue weighted by Crippen LogP contribution is -2.22. The summed E-state index contributed by atoms with van der Waals surface area (Å²) in [5.41, 5.74) is 0.323. The van der Waals surface area contributed by atoms with E-state index in [9.17, 15) is 14.0 Å². The Labute approximate surface area is 169 Å². The molecule has 2 amide bonds. The summed E-state index contributed by atoms with van der Waals surface area (Å²) < 4.78 is 19.1. The third-order valence-electron chi connectivity index (χ3n) is 4.23. The van der Waals surface area contributed by atoms with Gasteiger partial charge in [0.25, 0.3) is 11.8 Å². The molecule has 1 aromatic heterocycles. The summed E-state index contributed by atoms with van der Waals surface area (Å²) in [6.07, 6.45) is 2.21. The van der Waals surface area contributed by atoms with Crippen LogP contribution in [-0.2, 0) is 4.79 Å². The molecule has 0 aliphatic heterocycles. The zero-order valence-electron chi connectivity index (χ0n) is 15.2. The van der Waals surface area contributed by atoms with Gasteiger partial charge in [-0.2, -0.15) is 0 Å². The van der Waals surface area contributed by atoms with E-state index in [4.69, 9.17) is 4.74 Å². The van der Waals surface area contributed by atoms with Crippen LogP contribution in [0.2, 0.25) is 0 Å². The van der Waals surface area contributed by atoms with Crippen LogP contribution < -0.4 is 15.4 Å². The molecule has 0 atom stereocenters. The first kappa shape index (κ1) is 19.0. The first-order chi connectivity index (χ1) is 14.1. The maximum absolute atomic E-state index is 13.6. The fourth-order valence-electron chi connectivity index (χ4n) is 2.62. The van der Waals surface area contributed by atoms with E-state index in [1.165, 1.54) is 29.5 Å². The highest BCUT2D eigenvalue weighted by molar-refractivity contribution is 7.15. The number of halogens is 1. The van der Waals surface area contributed by atoms with Crippen molar-refractivity contribution < 1.29 is 18.7 Å². The molecule has 0 saturated heterocycles. The molecule has 1 aliphatic rings. The molecule has 9 heteroatoms. The molecule has 2 aromatic carbocycles. The Morgan fingerprint density at radius 3 is 2.62 bits per heavy atom. The fraction of sp³-hybridized carbons (Fsp3) is 0.200. The van der Waals surface area contributed by atoms with E-state index in [1.54, 1.807) is 30.3 Å². The predicted octanol–water partition coefficient (Wildman–Crippen LogP) is 3.82. The number of carbonyl (C=O) groups excluding carboxylic acids is 2. The van der Waals surface area contributed by atoms with Crippen molar-refractivity contribution in [3.63, 3.8) is 0 Å². The normalized spacial score (nSPS) is 13.0. The van der Waals surface area contributed by atoms with Gasteiger partial charge >= 0.3 is 0 Å². The van der Waals surface area contributed by atoms with E-state index < -0.39 is 17.6 Å². The average Bonchev–Trinajstić information content (AvgIpc) is 3.47. The van der Waals surface area contributed by atoms with Gasteiger partial charge in [-0.05, 0) is 37.1 Å². The maximum atomic E-state index is 13.6. The average molecular weight is 412 g/mol. The van der Waals surface area contributed by atoms with Gasteiger partial charge < -0.3 is 10.1 Å². The van der Waals surface area contributed by atoms with Crippen molar-refractivity contribution >= 4 is 34.0 Å². The monoisotopic (exact) mass is 412 g/mol. The molecule has 1 aliphatic carbocycles. The summed E-state index contributed by atoms with van der Waals surface area (Å²) >= 11 is 1.36. The highest BCUT2D eigenvalue weighted by Crippen LogP contribution is 2.42. The van der Waals surface area contributed by atoms with Crippen LogP contribution in [0.3, 0.4) is 0 Å². The zero-order chi connectivity index (χ0) is 20.2. The summed E-state index contributed by atoms with van der Waals surface area (Å²) in [4.78, 5) is 24.7. The molecule has 29 heavy (non-hydrogen) atoms. The number of nitrogens with zero attached hydrogens (tertiary/aromatic N) is 2. The van der Waals surface area contributed by atoms with Gasteiger partial charge in [-0.1, -0.05) is 35.6 Å². The number of carbonyl (C=O) groups is 2. The van der Waals surface area contributed by atoms with E-state index >= 15 is 0 Å². The molecular weight excluding hydrogens is 395 g/mol. The molecule has 1 fully saturated rings. The van der Waals surface area contributed by atoms with Gasteiger partial charge in [-0.15, -0.1) is 10.2 Å². The molecule has 0 radical (unpaired) electrons. The van der Waals surface area contributed by atoms with Crippen molar-refractivity contribution in [2.45, 2.75) is 18.8 Å². The Balaban J connectivity index is 1.38. The number of para-hydroxylation sites is 2. The molecule has 148 valence electrons. The molecule has 0 spiro atoms. The molecule has 4 rings (SSSR count). The summed E-state index contributed by atoms with van der Waals surface area (Å²) in [6, 6.07) is 12.4. The van der Waals surface area contributed by atoms with Gasteiger partial charge in [0.15, 0.2) is 6.61 Å². The molecule has 1 heterocycles. The Bertz CT molecular complexity index is 1050. The topological polar surface area (TPSA) is 93.2 Å². The number of amides is 2. The van der Waals surface area contributed by atoms with Crippen LogP contribution in [-0.4, -0.2) is 28.6 Å². The highest BCUT2D eigenvalue weighted by Gasteiger charge is 2.28. The second kappa shape index (κ2) is 8.36. The van der Waals surface area contributed by atoms with Crippen molar-refractivity contribution in [2.75, 3.05) is 17.2 Å². The summed E-state index contributed by atoms with van der Waals surface area (Å²) in [5, 5.41) is 14.6. The van der Waals surface area contributed by atoms with E-state index in [1.807, 2.05) is 0 Å². The summed E-state index contributed by atoms with van der Waals surface area (Å²) in [6.45, 7) is -0.372. The number of hydrogen-bond acceptors (Lipinski definition) is 6. The van der Waals surface area contributed by atoms with Crippen LogP contribution in [0.1, 0.15) is 34.1 Å². The van der Waals surface area contributed by atoms with E-state index in [-0.39, 0.29) is 23.6 Å². The molecular formula is C20H17FN4O3S. The van der Waals surface area contributed by atoms with Crippen LogP contribution in [0.15, 0.2) is 48.5 Å². The molecule has 0 bridgehead atoms. The first-order valence-electron chi connectivity index (χ1n) is 9.01. The Morgan fingerprint density at radius 2 is 1.83 bits per heavy atom. The SMILES string of the molecule is O=C(COc1ccccc1C(=O)Nc1nnc(C2CC2)s1)Nc1ccccc1F. The number of ether oxygens (including phenoxy) is 1. The van der Waals surface area contributed by atoms with Gasteiger partial charge in [0.05, 0.1) is 11.3 Å². The Morgan fingerprint density at radius 1 is 1.07 bits per heavy atom. The van der Waals surface area contributed by atoms with Gasteiger partial charge in [-0.3, -0.25) is 14.9 Å². The minimum Gasteiger partial charge on any atom is -0.483 e. The third-order valence-corrected chi connectivity index (χ3v) is 5.23. The molecule has 1 saturated carbocycles. The lowest BCUT2D eigenvalue weighted by molar-refractivity contribution is -0.118. The molecule has 3 aromatic rings. The molecule has 0 unspecified atom stereocenters. The number of rotatable bonds is 7. The van der Waals surface area contributed by atoms with Crippen LogP contribution in [0.25, 0.3) is 0 Å². The fourth-order valence-corrected chi connectivity index (χ4v) is 3.52. The molecule has 7 nitrogen and oxygen atoms in total. The lowest BCUT2D eigenvalue weighted by Gasteiger charge is -2.11. The second-order valence-electron chi connectivity index (χ2n) is 6.49. The first-order valence-corrected chi connectivity index (χ1v) is 9.83. The standard InChI is InChI=1S/C20H17FN4O3S/c21-14-6-2-3-7-15(14)22-17(26)11-28-16-8-4-1-5-13(16)18(27)23-20-25-24-19(29-20)12-9-10-12/h1-8,12H,9-11H2,(H,22,26)(H,23,25,27). The third kappa shape index (κ3) is 4.75. The van der Waals surface area contributed by atoms with Gasteiger partial charge in [-0.25, -0.2) is 4.39 Å². The van der Waals surface area contributed by atoms with Gasteiger partial charge in [0, 0.05) is 5.92 Å². The Hall–Kier alpha value is -3.33. The van der Waals surface area contributed by atoms with Crippen LogP contribution in [0, 0.1) is 5.82 Å². The van der Waals surface area contributed by atoms with Crippen molar-refractivity contribution in [1.82, 2.24) is 10.2 Å². The van der Waals surface area contributed by atoms with Gasteiger partial charge in [0.2, 0.25) is 5.13 Å². The largest absolute Gasteiger partial charge is 0.483 e. The van der Waals surface area contributed by atoms with Crippen LogP contribution in [0.4, 0.5) is 15.2 Å². The van der Waals surface area contributed by atoms with Crippen molar-refractivity contribution in [2.24, 2.45) is 0 Å². The highest BCUT2D eigenvalue weighted by atomic mass is 32.1. The second-order valence-corrected chi connectivity index (χ2v) is 7.50. The number of aromatic nitrogens is 2. The van der Waals surface area contributed by atoms with Gasteiger partial charge in [0.1, 0.15) is 16.6 Å². The van der Waals surface area contributed by atoms with E-state index in [2.05, 4.69) is 20.8 Å². The number of nitrogens with one attached hydrogen (secondary N) is 2. The van der Waals surface area contributed by atoms with Crippen molar-refractivity contribution in [1.29, 1.82) is 0 Å². The minimum atomic E-state index is -0.539. The zero-order valence-corrected chi connectivity index (χ0v) is 16.0. The van der Waals surface area contributed by atoms with Crippen molar-refractivity contribution in [3.05, 3.63) is 64.9 Å². The maximum Gasteiger partial charge on any atom is 0.262 e. The predicted molar refractivity (Wildman–Crippen MR) is 107 cm³/mol. The lowest BCUT2D eigenvalue weighted by atomic mass is 10.2. The van der Waals surface area contributed by atoms with E-state index in [0.717, 1.165) is 17.8 Å². The minimum absolute atomic E-state index is 0.0647. The van der Waals surface area contributed by atoms with Crippen molar-refractivity contribution in [3.8, 4) is 5.75 Å². The summed E-state index contributed by atoms with van der Waals surface area (Å²) in [7, 11) is 0.